The Hall–Kier alpha value is -1.22. The minimum absolute atomic E-state index is 0.178. The molecular formula is C14H21ClN2O. The largest absolute Gasteiger partial charge is 0.334 e. The van der Waals surface area contributed by atoms with Crippen LogP contribution in [0.2, 0.25) is 5.02 Å². The number of benzene rings is 1. The van der Waals surface area contributed by atoms with Gasteiger partial charge in [-0.3, -0.25) is 0 Å². The maximum absolute atomic E-state index is 11.9. The van der Waals surface area contributed by atoms with Crippen LogP contribution in [0, 0.1) is 0 Å². The number of carbonyl (C=O) groups is 1. The molecule has 0 unspecified atom stereocenters. The molecule has 1 aromatic carbocycles. The van der Waals surface area contributed by atoms with E-state index in [2.05, 4.69) is 10.6 Å². The fourth-order valence-electron chi connectivity index (χ4n) is 1.59. The molecule has 0 fully saturated rings. The van der Waals surface area contributed by atoms with Gasteiger partial charge in [0.1, 0.15) is 0 Å². The lowest BCUT2D eigenvalue weighted by Gasteiger charge is -2.30. The Morgan fingerprint density at radius 2 is 1.50 bits per heavy atom. The Morgan fingerprint density at radius 1 is 1.00 bits per heavy atom. The van der Waals surface area contributed by atoms with Crippen molar-refractivity contribution >= 4 is 17.6 Å². The number of carbonyl (C=O) groups excluding carboxylic acids is 1. The topological polar surface area (TPSA) is 41.1 Å². The van der Waals surface area contributed by atoms with Gasteiger partial charge in [0.2, 0.25) is 0 Å². The molecule has 4 heteroatoms. The van der Waals surface area contributed by atoms with E-state index in [9.17, 15) is 4.79 Å². The van der Waals surface area contributed by atoms with Crippen molar-refractivity contribution in [1.29, 1.82) is 0 Å². The molecule has 3 nitrogen and oxygen atoms in total. The molecule has 0 spiro atoms. The second-order valence-electron chi connectivity index (χ2n) is 5.96. The van der Waals surface area contributed by atoms with Gasteiger partial charge in [0, 0.05) is 10.6 Å². The maximum Gasteiger partial charge on any atom is 0.315 e. The molecule has 2 N–H and O–H groups in total. The molecule has 1 rings (SSSR count). The summed E-state index contributed by atoms with van der Waals surface area (Å²) in [7, 11) is 0. The van der Waals surface area contributed by atoms with Crippen LogP contribution in [0.15, 0.2) is 24.3 Å². The zero-order valence-corrected chi connectivity index (χ0v) is 12.4. The van der Waals surface area contributed by atoms with E-state index in [1.807, 2.05) is 58.9 Å². The number of urea groups is 1. The molecule has 0 aliphatic heterocycles. The molecular weight excluding hydrogens is 248 g/mol. The Morgan fingerprint density at radius 3 is 1.94 bits per heavy atom. The highest BCUT2D eigenvalue weighted by atomic mass is 35.5. The first-order valence-corrected chi connectivity index (χ1v) is 6.34. The highest BCUT2D eigenvalue weighted by Crippen LogP contribution is 2.21. The highest BCUT2D eigenvalue weighted by molar-refractivity contribution is 6.30. The third kappa shape index (κ3) is 4.57. The van der Waals surface area contributed by atoms with Gasteiger partial charge < -0.3 is 10.6 Å². The van der Waals surface area contributed by atoms with E-state index >= 15 is 0 Å². The average molecular weight is 269 g/mol. The smallest absolute Gasteiger partial charge is 0.315 e. The summed E-state index contributed by atoms with van der Waals surface area (Å²) in [4.78, 5) is 11.9. The molecule has 0 saturated carbocycles. The first-order chi connectivity index (χ1) is 8.10. The lowest BCUT2D eigenvalue weighted by molar-refractivity contribution is 0.221. The van der Waals surface area contributed by atoms with E-state index in [4.69, 9.17) is 11.6 Å². The molecule has 100 valence electrons. The molecule has 0 heterocycles. The Bertz CT molecular complexity index is 418. The van der Waals surface area contributed by atoms with Crippen LogP contribution >= 0.6 is 11.6 Å². The average Bonchev–Trinajstić information content (AvgIpc) is 2.13. The number of amides is 2. The van der Waals surface area contributed by atoms with Crippen LogP contribution in [0.4, 0.5) is 4.79 Å². The van der Waals surface area contributed by atoms with E-state index in [0.717, 1.165) is 5.56 Å². The SMILES string of the molecule is CC(C)(C)NC(=O)NC(C)(C)c1ccc(Cl)cc1. The van der Waals surface area contributed by atoms with Crippen molar-refractivity contribution in [2.75, 3.05) is 0 Å². The number of hydrogen-bond acceptors (Lipinski definition) is 1. The Labute approximate surface area is 114 Å². The summed E-state index contributed by atoms with van der Waals surface area (Å²) in [5.41, 5.74) is 0.316. The van der Waals surface area contributed by atoms with E-state index < -0.39 is 5.54 Å². The lowest BCUT2D eigenvalue weighted by Crippen LogP contribution is -2.52. The second kappa shape index (κ2) is 5.19. The van der Waals surface area contributed by atoms with Gasteiger partial charge in [-0.25, -0.2) is 4.79 Å². The first-order valence-electron chi connectivity index (χ1n) is 5.96. The third-order valence-corrected chi connectivity index (χ3v) is 2.73. The molecule has 2 amide bonds. The van der Waals surface area contributed by atoms with Gasteiger partial charge in [0.15, 0.2) is 0 Å². The van der Waals surface area contributed by atoms with Crippen LogP contribution in [0.25, 0.3) is 0 Å². The van der Waals surface area contributed by atoms with Gasteiger partial charge in [-0.15, -0.1) is 0 Å². The minimum atomic E-state index is -0.445. The zero-order valence-electron chi connectivity index (χ0n) is 11.6. The molecule has 0 aromatic heterocycles. The summed E-state index contributed by atoms with van der Waals surface area (Å²) >= 11 is 5.85. The second-order valence-corrected chi connectivity index (χ2v) is 6.40. The fourth-order valence-corrected chi connectivity index (χ4v) is 1.72. The molecule has 0 aliphatic rings. The van der Waals surface area contributed by atoms with Gasteiger partial charge >= 0.3 is 6.03 Å². The third-order valence-electron chi connectivity index (χ3n) is 2.48. The zero-order chi connectivity index (χ0) is 14.0. The first kappa shape index (κ1) is 14.8. The van der Waals surface area contributed by atoms with Crippen LogP contribution in [0.5, 0.6) is 0 Å². The summed E-state index contributed by atoms with van der Waals surface area (Å²) in [6.45, 7) is 9.75. The van der Waals surface area contributed by atoms with Gasteiger partial charge in [0.05, 0.1) is 5.54 Å². The quantitative estimate of drug-likeness (QED) is 0.844. The van der Waals surface area contributed by atoms with Crippen molar-refractivity contribution in [2.45, 2.75) is 45.7 Å². The summed E-state index contributed by atoms with van der Waals surface area (Å²) in [6, 6.07) is 7.30. The summed E-state index contributed by atoms with van der Waals surface area (Å²) in [5.74, 6) is 0. The molecule has 0 saturated heterocycles. The fraction of sp³-hybridized carbons (Fsp3) is 0.500. The van der Waals surface area contributed by atoms with Gasteiger partial charge in [-0.2, -0.15) is 0 Å². The number of hydrogen-bond donors (Lipinski definition) is 2. The van der Waals surface area contributed by atoms with E-state index in [1.165, 1.54) is 0 Å². The Balaban J connectivity index is 2.75. The van der Waals surface area contributed by atoms with Crippen molar-refractivity contribution in [2.24, 2.45) is 0 Å². The number of rotatable bonds is 2. The standard InChI is InChI=1S/C14H21ClN2O/c1-13(2,3)16-12(18)17-14(4,5)10-6-8-11(15)9-7-10/h6-9H,1-5H3,(H2,16,17,18). The number of halogens is 1. The van der Waals surface area contributed by atoms with Crippen LogP contribution in [-0.2, 0) is 5.54 Å². The predicted octanol–water partition coefficient (Wildman–Crippen LogP) is 3.67. The van der Waals surface area contributed by atoms with Crippen molar-refractivity contribution in [3.8, 4) is 0 Å². The number of nitrogens with one attached hydrogen (secondary N) is 2. The van der Waals surface area contributed by atoms with Crippen LogP contribution in [0.3, 0.4) is 0 Å². The Kier molecular flexibility index (Phi) is 4.28. The minimum Gasteiger partial charge on any atom is -0.334 e. The van der Waals surface area contributed by atoms with Crippen LogP contribution in [0.1, 0.15) is 40.2 Å². The summed E-state index contributed by atoms with van der Waals surface area (Å²) in [5, 5.41) is 6.52. The predicted molar refractivity (Wildman–Crippen MR) is 75.9 cm³/mol. The van der Waals surface area contributed by atoms with Crippen molar-refractivity contribution in [3.05, 3.63) is 34.9 Å². The molecule has 0 aliphatic carbocycles. The maximum atomic E-state index is 11.9. The van der Waals surface area contributed by atoms with E-state index in [1.54, 1.807) is 0 Å². The van der Waals surface area contributed by atoms with Gasteiger partial charge in [-0.05, 0) is 52.3 Å². The van der Waals surface area contributed by atoms with Crippen LogP contribution < -0.4 is 10.6 Å². The van der Waals surface area contributed by atoms with Gasteiger partial charge in [0.25, 0.3) is 0 Å². The highest BCUT2D eigenvalue weighted by Gasteiger charge is 2.24. The summed E-state index contributed by atoms with van der Waals surface area (Å²) < 4.78 is 0. The summed E-state index contributed by atoms with van der Waals surface area (Å²) in [6.07, 6.45) is 0. The monoisotopic (exact) mass is 268 g/mol. The lowest BCUT2D eigenvalue weighted by atomic mass is 9.94. The van der Waals surface area contributed by atoms with Crippen molar-refractivity contribution < 1.29 is 4.79 Å². The van der Waals surface area contributed by atoms with E-state index in [-0.39, 0.29) is 11.6 Å². The molecule has 0 radical (unpaired) electrons. The molecule has 18 heavy (non-hydrogen) atoms. The van der Waals surface area contributed by atoms with E-state index in [0.29, 0.717) is 5.02 Å². The van der Waals surface area contributed by atoms with Crippen molar-refractivity contribution in [1.82, 2.24) is 10.6 Å². The van der Waals surface area contributed by atoms with Gasteiger partial charge in [-0.1, -0.05) is 23.7 Å². The molecule has 0 atom stereocenters. The van der Waals surface area contributed by atoms with Crippen LogP contribution in [-0.4, -0.2) is 11.6 Å². The van der Waals surface area contributed by atoms with Crippen molar-refractivity contribution in [3.63, 3.8) is 0 Å². The molecule has 1 aromatic rings. The molecule has 0 bridgehead atoms. The normalized spacial score (nSPS) is 12.1.